The van der Waals surface area contributed by atoms with E-state index in [2.05, 4.69) is 4.90 Å². The van der Waals surface area contributed by atoms with Crippen LogP contribution in [0.4, 0.5) is 0 Å². The molecule has 0 spiro atoms. The molecule has 1 N–H and O–H groups in total. The third-order valence-electron chi connectivity index (χ3n) is 3.57. The van der Waals surface area contributed by atoms with Crippen LogP contribution in [0.1, 0.15) is 31.9 Å². The number of fused-ring (bicyclic) bond motifs is 1. The summed E-state index contributed by atoms with van der Waals surface area (Å²) in [6, 6.07) is 5.56. The molecular weight excluding hydrogens is 258 g/mol. The molecule has 5 heteroatoms. The Labute approximate surface area is 119 Å². The molecule has 1 aromatic rings. The van der Waals surface area contributed by atoms with Gasteiger partial charge >= 0.3 is 5.97 Å². The number of ether oxygens (including phenoxy) is 2. The van der Waals surface area contributed by atoms with Crippen LogP contribution in [0.3, 0.4) is 0 Å². The second-order valence-corrected chi connectivity index (χ2v) is 4.74. The van der Waals surface area contributed by atoms with E-state index in [9.17, 15) is 4.79 Å². The van der Waals surface area contributed by atoms with Crippen molar-refractivity contribution < 1.29 is 19.4 Å². The zero-order valence-corrected chi connectivity index (χ0v) is 12.0. The summed E-state index contributed by atoms with van der Waals surface area (Å²) >= 11 is 0. The molecule has 110 valence electrons. The first kappa shape index (κ1) is 14.7. The Kier molecular flexibility index (Phi) is 4.84. The summed E-state index contributed by atoms with van der Waals surface area (Å²) < 4.78 is 11.1. The zero-order chi connectivity index (χ0) is 14.5. The van der Waals surface area contributed by atoms with Gasteiger partial charge in [0.15, 0.2) is 11.5 Å². The van der Waals surface area contributed by atoms with Gasteiger partial charge in [-0.3, -0.25) is 9.69 Å². The number of nitrogens with zero attached hydrogens (tertiary/aromatic N) is 1. The average molecular weight is 279 g/mol. The molecule has 0 radical (unpaired) electrons. The van der Waals surface area contributed by atoms with Gasteiger partial charge in [-0.25, -0.2) is 0 Å². The molecule has 0 saturated carbocycles. The Balaban J connectivity index is 2.30. The van der Waals surface area contributed by atoms with E-state index in [0.717, 1.165) is 24.4 Å². The summed E-state index contributed by atoms with van der Waals surface area (Å²) in [6.07, 6.45) is 0.0846. The molecule has 0 aromatic heterocycles. The fourth-order valence-electron chi connectivity index (χ4n) is 2.55. The first-order chi connectivity index (χ1) is 9.65. The van der Waals surface area contributed by atoms with Crippen LogP contribution in [0.15, 0.2) is 18.2 Å². The highest BCUT2D eigenvalue weighted by Crippen LogP contribution is 2.35. The van der Waals surface area contributed by atoms with Crippen LogP contribution in [0.5, 0.6) is 11.5 Å². The van der Waals surface area contributed by atoms with E-state index in [1.165, 1.54) is 0 Å². The number of carboxylic acids is 1. The Morgan fingerprint density at radius 2 is 1.90 bits per heavy atom. The summed E-state index contributed by atoms with van der Waals surface area (Å²) in [5.41, 5.74) is 0.959. The topological polar surface area (TPSA) is 59.0 Å². The maximum absolute atomic E-state index is 11.1. The third kappa shape index (κ3) is 3.22. The van der Waals surface area contributed by atoms with Gasteiger partial charge in [-0.05, 0) is 30.8 Å². The van der Waals surface area contributed by atoms with E-state index in [0.29, 0.717) is 19.0 Å². The lowest BCUT2D eigenvalue weighted by molar-refractivity contribution is -0.138. The molecular formula is C15H21NO4. The van der Waals surface area contributed by atoms with Crippen LogP contribution in [0, 0.1) is 0 Å². The van der Waals surface area contributed by atoms with Gasteiger partial charge in [0.25, 0.3) is 0 Å². The highest BCUT2D eigenvalue weighted by Gasteiger charge is 2.23. The van der Waals surface area contributed by atoms with Crippen molar-refractivity contribution in [3.8, 4) is 11.5 Å². The average Bonchev–Trinajstić information content (AvgIpc) is 2.46. The quantitative estimate of drug-likeness (QED) is 0.866. The molecule has 0 saturated heterocycles. The number of carbonyl (C=O) groups is 1. The van der Waals surface area contributed by atoms with Crippen LogP contribution in [0.25, 0.3) is 0 Å². The van der Waals surface area contributed by atoms with Crippen molar-refractivity contribution in [2.45, 2.75) is 26.3 Å². The predicted molar refractivity (Wildman–Crippen MR) is 75.3 cm³/mol. The Morgan fingerprint density at radius 3 is 2.50 bits per heavy atom. The van der Waals surface area contributed by atoms with Gasteiger partial charge in [0.2, 0.25) is 0 Å². The molecule has 1 heterocycles. The molecule has 1 aromatic carbocycles. The highest BCUT2D eigenvalue weighted by molar-refractivity contribution is 5.68. The number of rotatable bonds is 6. The predicted octanol–water partition coefficient (Wildman–Crippen LogP) is 2.32. The Hall–Kier alpha value is -1.75. The fraction of sp³-hybridized carbons (Fsp3) is 0.533. The second kappa shape index (κ2) is 6.61. The van der Waals surface area contributed by atoms with E-state index in [-0.39, 0.29) is 12.5 Å². The Morgan fingerprint density at radius 1 is 1.25 bits per heavy atom. The van der Waals surface area contributed by atoms with Crippen molar-refractivity contribution in [3.63, 3.8) is 0 Å². The van der Waals surface area contributed by atoms with E-state index in [4.69, 9.17) is 14.6 Å². The SMILES string of the molecule is CCN(CC)C(CC(=O)O)c1ccc2c(c1)OCCO2. The van der Waals surface area contributed by atoms with Crippen molar-refractivity contribution in [1.82, 2.24) is 4.90 Å². The maximum atomic E-state index is 11.1. The molecule has 1 atom stereocenters. The molecule has 5 nitrogen and oxygen atoms in total. The normalized spacial score (nSPS) is 15.2. The first-order valence-electron chi connectivity index (χ1n) is 7.01. The fourth-order valence-corrected chi connectivity index (χ4v) is 2.55. The van der Waals surface area contributed by atoms with Crippen LogP contribution in [0.2, 0.25) is 0 Å². The monoisotopic (exact) mass is 279 g/mol. The van der Waals surface area contributed by atoms with Gasteiger partial charge in [-0.1, -0.05) is 19.9 Å². The van der Waals surface area contributed by atoms with Gasteiger partial charge in [0.1, 0.15) is 13.2 Å². The van der Waals surface area contributed by atoms with Gasteiger partial charge in [0.05, 0.1) is 6.42 Å². The van der Waals surface area contributed by atoms with Gasteiger partial charge in [-0.2, -0.15) is 0 Å². The molecule has 1 aliphatic heterocycles. The number of hydrogen-bond acceptors (Lipinski definition) is 4. The van der Waals surface area contributed by atoms with Crippen molar-refractivity contribution in [1.29, 1.82) is 0 Å². The molecule has 0 amide bonds. The van der Waals surface area contributed by atoms with Crippen molar-refractivity contribution in [3.05, 3.63) is 23.8 Å². The van der Waals surface area contributed by atoms with Gasteiger partial charge < -0.3 is 14.6 Å². The van der Waals surface area contributed by atoms with Gasteiger partial charge in [-0.15, -0.1) is 0 Å². The molecule has 20 heavy (non-hydrogen) atoms. The molecule has 1 aliphatic rings. The van der Waals surface area contributed by atoms with E-state index in [1.807, 2.05) is 32.0 Å². The largest absolute Gasteiger partial charge is 0.486 e. The summed E-state index contributed by atoms with van der Waals surface area (Å²) in [4.78, 5) is 13.3. The maximum Gasteiger partial charge on any atom is 0.305 e. The summed E-state index contributed by atoms with van der Waals surface area (Å²) in [6.45, 7) is 6.78. The summed E-state index contributed by atoms with van der Waals surface area (Å²) in [5.74, 6) is 0.640. The van der Waals surface area contributed by atoms with Crippen LogP contribution < -0.4 is 9.47 Å². The molecule has 0 bridgehead atoms. The van der Waals surface area contributed by atoms with E-state index < -0.39 is 5.97 Å². The van der Waals surface area contributed by atoms with E-state index >= 15 is 0 Å². The van der Waals surface area contributed by atoms with Crippen LogP contribution >= 0.6 is 0 Å². The second-order valence-electron chi connectivity index (χ2n) is 4.74. The minimum absolute atomic E-state index is 0.0846. The van der Waals surface area contributed by atoms with Crippen molar-refractivity contribution in [2.75, 3.05) is 26.3 Å². The minimum Gasteiger partial charge on any atom is -0.486 e. The lowest BCUT2D eigenvalue weighted by Gasteiger charge is -2.30. The third-order valence-corrected chi connectivity index (χ3v) is 3.57. The summed E-state index contributed by atoms with van der Waals surface area (Å²) in [5, 5.41) is 9.14. The Bertz CT molecular complexity index is 471. The highest BCUT2D eigenvalue weighted by atomic mass is 16.6. The number of hydrogen-bond donors (Lipinski definition) is 1. The zero-order valence-electron chi connectivity index (χ0n) is 12.0. The summed E-state index contributed by atoms with van der Waals surface area (Å²) in [7, 11) is 0. The molecule has 0 fully saturated rings. The number of aliphatic carboxylic acids is 1. The lowest BCUT2D eigenvalue weighted by Crippen LogP contribution is -2.30. The van der Waals surface area contributed by atoms with Crippen molar-refractivity contribution in [2.24, 2.45) is 0 Å². The molecule has 0 aliphatic carbocycles. The lowest BCUT2D eigenvalue weighted by atomic mass is 10.0. The number of carboxylic acid groups (broad SMARTS) is 1. The first-order valence-corrected chi connectivity index (χ1v) is 7.01. The van der Waals surface area contributed by atoms with Crippen molar-refractivity contribution >= 4 is 5.97 Å². The molecule has 2 rings (SSSR count). The minimum atomic E-state index is -0.795. The van der Waals surface area contributed by atoms with Gasteiger partial charge in [0, 0.05) is 6.04 Å². The standard InChI is InChI=1S/C15H21NO4/c1-3-16(4-2)12(10-15(17)18)11-5-6-13-14(9-11)20-8-7-19-13/h5-6,9,12H,3-4,7-8,10H2,1-2H3,(H,17,18). The molecule has 1 unspecified atom stereocenters. The number of benzene rings is 1. The van der Waals surface area contributed by atoms with Crippen LogP contribution in [-0.2, 0) is 4.79 Å². The van der Waals surface area contributed by atoms with Crippen LogP contribution in [-0.4, -0.2) is 42.3 Å². The smallest absolute Gasteiger partial charge is 0.305 e. The van der Waals surface area contributed by atoms with E-state index in [1.54, 1.807) is 0 Å².